The summed E-state index contributed by atoms with van der Waals surface area (Å²) >= 11 is 5.02. The van der Waals surface area contributed by atoms with Crippen LogP contribution in [0.3, 0.4) is 0 Å². The van der Waals surface area contributed by atoms with E-state index in [1.807, 2.05) is 24.3 Å². The fraction of sp³-hybridized carbons (Fsp3) is 0.357. The van der Waals surface area contributed by atoms with Crippen LogP contribution >= 0.6 is 12.2 Å². The fourth-order valence-electron chi connectivity index (χ4n) is 2.19. The maximum absolute atomic E-state index is 5.89. The van der Waals surface area contributed by atoms with Gasteiger partial charge in [-0.1, -0.05) is 30.8 Å². The quantitative estimate of drug-likeness (QED) is 0.858. The third-order valence-electron chi connectivity index (χ3n) is 3.46. The van der Waals surface area contributed by atoms with E-state index in [0.29, 0.717) is 17.4 Å². The number of hydrogen-bond acceptors (Lipinski definition) is 3. The summed E-state index contributed by atoms with van der Waals surface area (Å²) in [6.45, 7) is 0.721. The van der Waals surface area contributed by atoms with E-state index in [0.717, 1.165) is 17.6 Å². The highest BCUT2D eigenvalue weighted by Crippen LogP contribution is 2.35. The molecule has 1 fully saturated rings. The summed E-state index contributed by atoms with van der Waals surface area (Å²) in [5.74, 6) is 1.85. The predicted molar refractivity (Wildman–Crippen MR) is 74.9 cm³/mol. The Labute approximate surface area is 111 Å². The average Bonchev–Trinajstić information content (AvgIpc) is 2.66. The Hall–Kier alpha value is -1.55. The first-order valence-electron chi connectivity index (χ1n) is 6.20. The first kappa shape index (κ1) is 11.5. The molecule has 18 heavy (non-hydrogen) atoms. The molecule has 0 spiro atoms. The van der Waals surface area contributed by atoms with Crippen LogP contribution in [-0.4, -0.2) is 11.6 Å². The summed E-state index contributed by atoms with van der Waals surface area (Å²) < 4.78 is 11.5. The molecule has 4 heteroatoms. The van der Waals surface area contributed by atoms with E-state index in [4.69, 9.17) is 27.1 Å². The molecule has 3 nitrogen and oxygen atoms in total. The van der Waals surface area contributed by atoms with Crippen LogP contribution in [-0.2, 0) is 0 Å². The number of nitrogens with two attached hydrogens (primary N) is 1. The maximum Gasteiger partial charge on any atom is 0.204 e. The summed E-state index contributed by atoms with van der Waals surface area (Å²) in [5, 5.41) is 0.944. The fourth-order valence-corrected chi connectivity index (χ4v) is 2.32. The topological polar surface area (TPSA) is 48.4 Å². The molecule has 0 radical (unpaired) electrons. The van der Waals surface area contributed by atoms with Gasteiger partial charge in [-0.25, -0.2) is 0 Å². The molecule has 1 aliphatic carbocycles. The third-order valence-corrected chi connectivity index (χ3v) is 3.65. The largest absolute Gasteiger partial charge is 0.488 e. The first-order chi connectivity index (χ1) is 8.75. The van der Waals surface area contributed by atoms with Crippen LogP contribution < -0.4 is 10.5 Å². The van der Waals surface area contributed by atoms with E-state index in [2.05, 4.69) is 0 Å². The molecule has 0 saturated heterocycles. The molecular formula is C14H15NO2S. The Bertz CT molecular complexity index is 586. The predicted octanol–water partition coefficient (Wildman–Crippen LogP) is 3.25. The van der Waals surface area contributed by atoms with Crippen molar-refractivity contribution < 1.29 is 9.15 Å². The highest BCUT2D eigenvalue weighted by molar-refractivity contribution is 7.80. The molecule has 0 unspecified atom stereocenters. The van der Waals surface area contributed by atoms with Crippen molar-refractivity contribution >= 4 is 28.2 Å². The van der Waals surface area contributed by atoms with Gasteiger partial charge in [0.1, 0.15) is 10.6 Å². The number of para-hydroxylation sites is 1. The van der Waals surface area contributed by atoms with Gasteiger partial charge in [0.15, 0.2) is 5.75 Å². The van der Waals surface area contributed by atoms with Gasteiger partial charge >= 0.3 is 0 Å². The zero-order valence-electron chi connectivity index (χ0n) is 10.0. The molecule has 94 valence electrons. The van der Waals surface area contributed by atoms with Crippen molar-refractivity contribution in [2.24, 2.45) is 11.7 Å². The second-order valence-electron chi connectivity index (χ2n) is 4.73. The Morgan fingerprint density at radius 1 is 1.39 bits per heavy atom. The molecule has 3 rings (SSSR count). The van der Waals surface area contributed by atoms with Crippen LogP contribution in [0.4, 0.5) is 0 Å². The summed E-state index contributed by atoms with van der Waals surface area (Å²) in [6.07, 6.45) is 3.80. The van der Waals surface area contributed by atoms with Crippen molar-refractivity contribution in [3.63, 3.8) is 0 Å². The Kier molecular flexibility index (Phi) is 2.96. The molecule has 0 amide bonds. The van der Waals surface area contributed by atoms with Crippen molar-refractivity contribution in [3.8, 4) is 5.75 Å². The van der Waals surface area contributed by atoms with E-state index in [-0.39, 0.29) is 4.99 Å². The minimum atomic E-state index is 0.245. The first-order valence-corrected chi connectivity index (χ1v) is 6.60. The van der Waals surface area contributed by atoms with Gasteiger partial charge < -0.3 is 14.9 Å². The molecule has 2 N–H and O–H groups in total. The second kappa shape index (κ2) is 4.61. The van der Waals surface area contributed by atoms with Gasteiger partial charge in [0.25, 0.3) is 0 Å². The minimum Gasteiger partial charge on any atom is -0.488 e. The van der Waals surface area contributed by atoms with Crippen molar-refractivity contribution in [1.82, 2.24) is 0 Å². The zero-order chi connectivity index (χ0) is 12.5. The Morgan fingerprint density at radius 2 is 2.17 bits per heavy atom. The van der Waals surface area contributed by atoms with E-state index < -0.39 is 0 Å². The lowest BCUT2D eigenvalue weighted by Crippen LogP contribution is -2.20. The number of benzene rings is 1. The van der Waals surface area contributed by atoms with Gasteiger partial charge in [0.2, 0.25) is 5.76 Å². The summed E-state index contributed by atoms with van der Waals surface area (Å²) in [6, 6.07) is 7.74. The lowest BCUT2D eigenvalue weighted by atomic mass is 9.86. The standard InChI is InChI=1S/C14H15NO2S/c15-14(18)13-12(16-8-9-4-3-5-9)10-6-1-2-7-11(10)17-13/h1-2,6-7,9H,3-5,8H2,(H2,15,18). The maximum atomic E-state index is 5.89. The molecule has 1 aliphatic rings. The number of rotatable bonds is 4. The zero-order valence-corrected chi connectivity index (χ0v) is 10.8. The Morgan fingerprint density at radius 3 is 2.83 bits per heavy atom. The monoisotopic (exact) mass is 261 g/mol. The minimum absolute atomic E-state index is 0.245. The molecule has 1 aromatic carbocycles. The molecule has 2 aromatic rings. The second-order valence-corrected chi connectivity index (χ2v) is 5.17. The van der Waals surface area contributed by atoms with Crippen LogP contribution in [0.15, 0.2) is 28.7 Å². The smallest absolute Gasteiger partial charge is 0.204 e. The van der Waals surface area contributed by atoms with Gasteiger partial charge in [0, 0.05) is 0 Å². The molecule has 0 atom stereocenters. The van der Waals surface area contributed by atoms with Crippen molar-refractivity contribution in [1.29, 1.82) is 0 Å². The van der Waals surface area contributed by atoms with Crippen LogP contribution in [0.2, 0.25) is 0 Å². The van der Waals surface area contributed by atoms with Crippen LogP contribution in [0.5, 0.6) is 5.75 Å². The third kappa shape index (κ3) is 1.97. The molecule has 1 saturated carbocycles. The van der Waals surface area contributed by atoms with Crippen molar-refractivity contribution in [2.75, 3.05) is 6.61 Å². The summed E-state index contributed by atoms with van der Waals surface area (Å²) in [5.41, 5.74) is 6.46. The lowest BCUT2D eigenvalue weighted by molar-refractivity contribution is 0.180. The van der Waals surface area contributed by atoms with Crippen LogP contribution in [0.25, 0.3) is 11.0 Å². The van der Waals surface area contributed by atoms with E-state index in [1.54, 1.807) is 0 Å². The highest BCUT2D eigenvalue weighted by atomic mass is 32.1. The number of thiocarbonyl (C=S) groups is 1. The van der Waals surface area contributed by atoms with Crippen molar-refractivity contribution in [3.05, 3.63) is 30.0 Å². The average molecular weight is 261 g/mol. The van der Waals surface area contributed by atoms with Gasteiger partial charge in [-0.05, 0) is 30.9 Å². The van der Waals surface area contributed by atoms with Gasteiger partial charge in [-0.2, -0.15) is 0 Å². The van der Waals surface area contributed by atoms with E-state index in [1.165, 1.54) is 19.3 Å². The SMILES string of the molecule is NC(=S)c1oc2ccccc2c1OCC1CCC1. The number of hydrogen-bond donors (Lipinski definition) is 1. The summed E-state index contributed by atoms with van der Waals surface area (Å²) in [4.78, 5) is 0.245. The number of fused-ring (bicyclic) bond motifs is 1. The van der Waals surface area contributed by atoms with Gasteiger partial charge in [-0.15, -0.1) is 0 Å². The number of ether oxygens (including phenoxy) is 1. The molecule has 0 aliphatic heterocycles. The molecule has 1 aromatic heterocycles. The van der Waals surface area contributed by atoms with Crippen molar-refractivity contribution in [2.45, 2.75) is 19.3 Å². The molecule has 1 heterocycles. The number of furan rings is 1. The Balaban J connectivity index is 1.95. The molecular weight excluding hydrogens is 246 g/mol. The van der Waals surface area contributed by atoms with E-state index >= 15 is 0 Å². The normalized spacial score (nSPS) is 15.6. The lowest BCUT2D eigenvalue weighted by Gasteiger charge is -2.25. The highest BCUT2D eigenvalue weighted by Gasteiger charge is 2.22. The van der Waals surface area contributed by atoms with Gasteiger partial charge in [-0.3, -0.25) is 0 Å². The molecule has 0 bridgehead atoms. The van der Waals surface area contributed by atoms with Crippen LogP contribution in [0.1, 0.15) is 25.0 Å². The summed E-state index contributed by atoms with van der Waals surface area (Å²) in [7, 11) is 0. The van der Waals surface area contributed by atoms with E-state index in [9.17, 15) is 0 Å². The van der Waals surface area contributed by atoms with Crippen LogP contribution in [0, 0.1) is 5.92 Å². The van der Waals surface area contributed by atoms with Gasteiger partial charge in [0.05, 0.1) is 12.0 Å².